The van der Waals surface area contributed by atoms with Crippen LogP contribution >= 0.6 is 0 Å². The Balaban J connectivity index is 1.72. The van der Waals surface area contributed by atoms with Crippen LogP contribution in [0.15, 0.2) is 57.9 Å². The molecule has 40 heavy (non-hydrogen) atoms. The molecule has 2 heterocycles. The molecule has 1 aliphatic carbocycles. The zero-order valence-corrected chi connectivity index (χ0v) is 22.2. The fourth-order valence-electron chi connectivity index (χ4n) is 4.84. The van der Waals surface area contributed by atoms with Gasteiger partial charge in [-0.25, -0.2) is 9.59 Å². The summed E-state index contributed by atoms with van der Waals surface area (Å²) in [5.41, 5.74) is 3.67. The molecule has 10 heteroatoms. The number of amides is 2. The van der Waals surface area contributed by atoms with E-state index < -0.39 is 23.8 Å². The number of aryl methyl sites for hydroxylation is 1. The Bertz CT molecular complexity index is 1720. The molecule has 1 fully saturated rings. The van der Waals surface area contributed by atoms with Crippen molar-refractivity contribution in [3.63, 3.8) is 0 Å². The largest absolute Gasteiger partial charge is 0.478 e. The van der Waals surface area contributed by atoms with Crippen LogP contribution in [0.25, 0.3) is 33.4 Å². The molecule has 2 aliphatic heterocycles. The number of nitrogens with zero attached hydrogens (tertiary/aromatic N) is 2. The van der Waals surface area contributed by atoms with Gasteiger partial charge in [0.15, 0.2) is 0 Å². The van der Waals surface area contributed by atoms with Crippen molar-refractivity contribution in [3.8, 4) is 22.5 Å². The Kier molecular flexibility index (Phi) is 7.08. The Morgan fingerprint density at radius 3 is 2.45 bits per heavy atom. The number of benzene rings is 3. The molecule has 0 aromatic heterocycles. The van der Waals surface area contributed by atoms with Gasteiger partial charge in [0.2, 0.25) is 0 Å². The highest BCUT2D eigenvalue weighted by Crippen LogP contribution is 2.42. The molecule has 2 amide bonds. The fourth-order valence-corrected chi connectivity index (χ4v) is 4.84. The summed E-state index contributed by atoms with van der Waals surface area (Å²) < 4.78 is 6.30. The highest BCUT2D eigenvalue weighted by Gasteiger charge is 2.33. The van der Waals surface area contributed by atoms with Gasteiger partial charge in [-0.05, 0) is 62.2 Å². The van der Waals surface area contributed by atoms with E-state index in [9.17, 15) is 24.3 Å². The SMILES string of the molecule is CCN=c1cc2oc3cc(NCC)ccc3c(-c3ccc(C(=O)ON4C(=O)CCC4=O)cc3C(=O)O)c-2cc1C. The molecule has 0 radical (unpaired) electrons. The maximum Gasteiger partial charge on any atom is 0.363 e. The van der Waals surface area contributed by atoms with Crippen LogP contribution in [-0.4, -0.2) is 47.0 Å². The van der Waals surface area contributed by atoms with Gasteiger partial charge in [0.25, 0.3) is 11.8 Å². The fraction of sp³-hybridized carbons (Fsp3) is 0.233. The summed E-state index contributed by atoms with van der Waals surface area (Å²) in [6.07, 6.45) is -0.0976. The third-order valence-corrected chi connectivity index (χ3v) is 6.68. The molecular formula is C30H27N3O7. The Labute approximate surface area is 229 Å². The topological polar surface area (TPSA) is 139 Å². The lowest BCUT2D eigenvalue weighted by Gasteiger charge is -2.19. The van der Waals surface area contributed by atoms with E-state index in [1.54, 1.807) is 0 Å². The minimum Gasteiger partial charge on any atom is -0.478 e. The summed E-state index contributed by atoms with van der Waals surface area (Å²) in [6.45, 7) is 7.15. The van der Waals surface area contributed by atoms with Gasteiger partial charge in [-0.3, -0.25) is 14.6 Å². The number of anilines is 1. The molecule has 10 nitrogen and oxygen atoms in total. The first-order chi connectivity index (χ1) is 19.2. The lowest BCUT2D eigenvalue weighted by molar-refractivity contribution is -0.172. The van der Waals surface area contributed by atoms with Crippen molar-refractivity contribution in [2.75, 3.05) is 18.4 Å². The van der Waals surface area contributed by atoms with Gasteiger partial charge in [-0.2, -0.15) is 0 Å². The van der Waals surface area contributed by atoms with Crippen LogP contribution in [-0.2, 0) is 14.4 Å². The highest BCUT2D eigenvalue weighted by atomic mass is 16.7. The van der Waals surface area contributed by atoms with Crippen molar-refractivity contribution in [1.29, 1.82) is 0 Å². The summed E-state index contributed by atoms with van der Waals surface area (Å²) in [7, 11) is 0. The minimum atomic E-state index is -1.27. The standard InChI is InChI=1S/C30H27N3O7/c1-4-31-18-7-9-20-24(14-18)39-25-15-23(32-5-2)16(3)12-22(25)28(20)19-8-6-17(13-21(19)29(36)37)30(38)40-33-26(34)10-11-27(33)35/h6-9,12-15,31H,4-5,10-11H2,1-3H3,(H,36,37). The molecule has 0 unspecified atom stereocenters. The summed E-state index contributed by atoms with van der Waals surface area (Å²) in [5.74, 6) is -2.99. The Morgan fingerprint density at radius 1 is 1.02 bits per heavy atom. The average molecular weight is 542 g/mol. The number of fused-ring (bicyclic) bond motifs is 2. The van der Waals surface area contributed by atoms with Crippen LogP contribution in [0.4, 0.5) is 5.69 Å². The van der Waals surface area contributed by atoms with Crippen LogP contribution in [0, 0.1) is 6.92 Å². The number of carboxylic acid groups (broad SMARTS) is 1. The lowest BCUT2D eigenvalue weighted by Crippen LogP contribution is -2.32. The van der Waals surface area contributed by atoms with Gasteiger partial charge in [-0.1, -0.05) is 6.07 Å². The number of nitrogens with one attached hydrogen (secondary N) is 1. The quantitative estimate of drug-likeness (QED) is 0.252. The van der Waals surface area contributed by atoms with Crippen molar-refractivity contribution in [2.45, 2.75) is 33.6 Å². The van der Waals surface area contributed by atoms with Crippen molar-refractivity contribution >= 4 is 40.4 Å². The molecule has 0 saturated carbocycles. The van der Waals surface area contributed by atoms with Crippen molar-refractivity contribution < 1.29 is 33.5 Å². The second kappa shape index (κ2) is 10.6. The summed E-state index contributed by atoms with van der Waals surface area (Å²) in [4.78, 5) is 58.6. The maximum atomic E-state index is 12.8. The summed E-state index contributed by atoms with van der Waals surface area (Å²) >= 11 is 0. The first-order valence-electron chi connectivity index (χ1n) is 12.9. The molecule has 3 aliphatic rings. The van der Waals surface area contributed by atoms with Gasteiger partial charge in [0.05, 0.1) is 16.5 Å². The molecule has 1 saturated heterocycles. The van der Waals surface area contributed by atoms with Gasteiger partial charge >= 0.3 is 11.9 Å². The molecule has 2 aromatic rings. The molecule has 0 spiro atoms. The van der Waals surface area contributed by atoms with Gasteiger partial charge in [-0.15, -0.1) is 5.06 Å². The molecular weight excluding hydrogens is 514 g/mol. The number of carboxylic acids is 1. The molecule has 0 atom stereocenters. The van der Waals surface area contributed by atoms with E-state index in [0.29, 0.717) is 51.6 Å². The molecule has 2 N–H and O–H groups in total. The first kappa shape index (κ1) is 26.6. The van der Waals surface area contributed by atoms with E-state index in [4.69, 9.17) is 9.25 Å². The highest BCUT2D eigenvalue weighted by molar-refractivity contribution is 6.09. The van der Waals surface area contributed by atoms with E-state index >= 15 is 0 Å². The third kappa shape index (κ3) is 4.79. The number of rotatable bonds is 7. The van der Waals surface area contributed by atoms with E-state index in [2.05, 4.69) is 10.3 Å². The van der Waals surface area contributed by atoms with Crippen molar-refractivity contribution in [3.05, 3.63) is 70.6 Å². The van der Waals surface area contributed by atoms with E-state index in [1.165, 1.54) is 18.2 Å². The number of hydroxylamine groups is 2. The van der Waals surface area contributed by atoms with Crippen LogP contribution in [0.5, 0.6) is 0 Å². The predicted molar refractivity (Wildman–Crippen MR) is 147 cm³/mol. The average Bonchev–Trinajstić information content (AvgIpc) is 3.24. The smallest absolute Gasteiger partial charge is 0.363 e. The van der Waals surface area contributed by atoms with Crippen molar-refractivity contribution in [1.82, 2.24) is 5.06 Å². The van der Waals surface area contributed by atoms with Crippen LogP contribution in [0.1, 0.15) is 53.0 Å². The third-order valence-electron chi connectivity index (χ3n) is 6.68. The molecule has 2 aromatic carbocycles. The number of hydrogen-bond acceptors (Lipinski definition) is 8. The molecule has 204 valence electrons. The maximum absolute atomic E-state index is 12.8. The first-order valence-corrected chi connectivity index (χ1v) is 12.9. The van der Waals surface area contributed by atoms with Gasteiger partial charge < -0.3 is 19.7 Å². The number of carbonyl (C=O) groups is 4. The van der Waals surface area contributed by atoms with Crippen molar-refractivity contribution in [2.24, 2.45) is 4.99 Å². The second-order valence-corrected chi connectivity index (χ2v) is 9.35. The van der Waals surface area contributed by atoms with Gasteiger partial charge in [0.1, 0.15) is 11.3 Å². The van der Waals surface area contributed by atoms with Crippen LogP contribution in [0.2, 0.25) is 0 Å². The van der Waals surface area contributed by atoms with E-state index in [-0.39, 0.29) is 24.0 Å². The van der Waals surface area contributed by atoms with E-state index in [1.807, 2.05) is 51.1 Å². The predicted octanol–water partition coefficient (Wildman–Crippen LogP) is 4.78. The van der Waals surface area contributed by atoms with Crippen LogP contribution in [0.3, 0.4) is 0 Å². The number of carbonyl (C=O) groups excluding carboxylic acids is 3. The Morgan fingerprint density at radius 2 is 1.77 bits per heavy atom. The molecule has 5 rings (SSSR count). The molecule has 0 bridgehead atoms. The zero-order valence-electron chi connectivity index (χ0n) is 22.2. The van der Waals surface area contributed by atoms with Crippen LogP contribution < -0.4 is 10.7 Å². The monoisotopic (exact) mass is 541 g/mol. The zero-order chi connectivity index (χ0) is 28.6. The lowest BCUT2D eigenvalue weighted by atomic mass is 9.89. The number of aromatic carboxylic acids is 1. The normalized spacial score (nSPS) is 13.9. The minimum absolute atomic E-state index is 0.0488. The number of imide groups is 1. The van der Waals surface area contributed by atoms with Gasteiger partial charge in [0, 0.05) is 60.3 Å². The summed E-state index contributed by atoms with van der Waals surface area (Å²) in [5, 5.41) is 15.3. The number of hydrogen-bond donors (Lipinski definition) is 2. The second-order valence-electron chi connectivity index (χ2n) is 9.35. The Hall–Kier alpha value is -4.99. The summed E-state index contributed by atoms with van der Waals surface area (Å²) in [6, 6.07) is 13.5. The van der Waals surface area contributed by atoms with E-state index in [0.717, 1.165) is 16.6 Å².